The molecule has 2 amide bonds. The monoisotopic (exact) mass is 266 g/mol. The Labute approximate surface area is 109 Å². The highest BCUT2D eigenvalue weighted by atomic mass is 16.7. The number of hydrogen-bond acceptors (Lipinski definition) is 4. The predicted molar refractivity (Wildman–Crippen MR) is 66.2 cm³/mol. The second-order valence-electron chi connectivity index (χ2n) is 3.76. The van der Waals surface area contributed by atoms with Gasteiger partial charge in [0.05, 0.1) is 6.42 Å². The molecule has 0 spiro atoms. The van der Waals surface area contributed by atoms with Crippen molar-refractivity contribution in [1.82, 2.24) is 5.48 Å². The number of hydrogen-bond donors (Lipinski definition) is 3. The van der Waals surface area contributed by atoms with Crippen molar-refractivity contribution in [3.05, 3.63) is 29.8 Å². The summed E-state index contributed by atoms with van der Waals surface area (Å²) in [6.45, 7) is 0.814. The summed E-state index contributed by atoms with van der Waals surface area (Å²) >= 11 is 0. The van der Waals surface area contributed by atoms with Crippen LogP contribution in [-0.2, 0) is 25.6 Å². The fourth-order valence-corrected chi connectivity index (χ4v) is 1.31. The van der Waals surface area contributed by atoms with Crippen LogP contribution in [0.1, 0.15) is 12.5 Å². The molecule has 0 atom stereocenters. The Morgan fingerprint density at radius 2 is 1.84 bits per heavy atom. The van der Waals surface area contributed by atoms with Gasteiger partial charge in [-0.3, -0.25) is 14.4 Å². The first-order chi connectivity index (χ1) is 8.97. The fraction of sp³-hybridized carbons (Fsp3) is 0.250. The Balaban J connectivity index is 2.42. The Morgan fingerprint density at radius 3 is 2.37 bits per heavy atom. The van der Waals surface area contributed by atoms with Crippen LogP contribution in [0.15, 0.2) is 24.3 Å². The lowest BCUT2D eigenvalue weighted by Gasteiger charge is -2.05. The third-order valence-electron chi connectivity index (χ3n) is 2.02. The van der Waals surface area contributed by atoms with Crippen LogP contribution in [0, 0.1) is 0 Å². The second kappa shape index (κ2) is 7.12. The third kappa shape index (κ3) is 6.18. The first-order valence-electron chi connectivity index (χ1n) is 5.46. The average molecular weight is 266 g/mol. The van der Waals surface area contributed by atoms with Gasteiger partial charge in [-0.2, -0.15) is 0 Å². The Bertz CT molecular complexity index is 470. The molecule has 1 aromatic rings. The molecule has 0 aliphatic heterocycles. The smallest absolute Gasteiger partial charge is 0.332 e. The molecule has 3 N–H and O–H groups in total. The summed E-state index contributed by atoms with van der Waals surface area (Å²) in [5.74, 6) is -1.79. The molecule has 0 aromatic heterocycles. The molecule has 0 bridgehead atoms. The molecule has 0 aliphatic rings. The zero-order chi connectivity index (χ0) is 14.3. The summed E-state index contributed by atoms with van der Waals surface area (Å²) in [6.07, 6.45) is 0.0555. The minimum Gasteiger partial charge on any atom is -0.479 e. The topological polar surface area (TPSA) is 105 Å². The molecule has 0 heterocycles. The van der Waals surface area contributed by atoms with Crippen molar-refractivity contribution < 1.29 is 24.3 Å². The summed E-state index contributed by atoms with van der Waals surface area (Å²) in [5.41, 5.74) is 3.37. The van der Waals surface area contributed by atoms with E-state index in [1.54, 1.807) is 24.3 Å². The number of carboxylic acids is 1. The van der Waals surface area contributed by atoms with E-state index in [4.69, 9.17) is 5.11 Å². The van der Waals surface area contributed by atoms with Gasteiger partial charge in [0, 0.05) is 12.6 Å². The second-order valence-corrected chi connectivity index (χ2v) is 3.76. The van der Waals surface area contributed by atoms with E-state index in [9.17, 15) is 14.4 Å². The maximum absolute atomic E-state index is 11.4. The number of carbonyl (C=O) groups is 3. The highest BCUT2D eigenvalue weighted by Crippen LogP contribution is 2.09. The van der Waals surface area contributed by atoms with Crippen molar-refractivity contribution in [3.8, 4) is 0 Å². The van der Waals surface area contributed by atoms with Crippen molar-refractivity contribution in [1.29, 1.82) is 0 Å². The van der Waals surface area contributed by atoms with E-state index in [2.05, 4.69) is 10.2 Å². The average Bonchev–Trinajstić information content (AvgIpc) is 2.30. The van der Waals surface area contributed by atoms with Gasteiger partial charge in [-0.15, -0.1) is 0 Å². The van der Waals surface area contributed by atoms with Crippen LogP contribution in [0.4, 0.5) is 5.69 Å². The fourth-order valence-electron chi connectivity index (χ4n) is 1.31. The SMILES string of the molecule is CC(=O)Nc1ccc(CC(=O)NOCC(=O)O)cc1. The number of carbonyl (C=O) groups excluding carboxylic acids is 2. The lowest BCUT2D eigenvalue weighted by molar-refractivity contribution is -0.149. The summed E-state index contributed by atoms with van der Waals surface area (Å²) in [4.78, 5) is 36.8. The number of benzene rings is 1. The lowest BCUT2D eigenvalue weighted by atomic mass is 10.1. The molecule has 0 radical (unpaired) electrons. The van der Waals surface area contributed by atoms with E-state index in [0.29, 0.717) is 11.3 Å². The van der Waals surface area contributed by atoms with E-state index in [1.807, 2.05) is 5.48 Å². The van der Waals surface area contributed by atoms with Crippen molar-refractivity contribution in [2.45, 2.75) is 13.3 Å². The zero-order valence-electron chi connectivity index (χ0n) is 10.3. The number of anilines is 1. The molecule has 0 saturated carbocycles. The van der Waals surface area contributed by atoms with E-state index in [1.165, 1.54) is 6.92 Å². The lowest BCUT2D eigenvalue weighted by Crippen LogP contribution is -2.27. The van der Waals surface area contributed by atoms with E-state index >= 15 is 0 Å². The summed E-state index contributed by atoms with van der Waals surface area (Å²) in [5, 5.41) is 10.9. The highest BCUT2D eigenvalue weighted by Gasteiger charge is 2.05. The predicted octanol–water partition coefficient (Wildman–Crippen LogP) is 0.320. The summed E-state index contributed by atoms with van der Waals surface area (Å²) in [7, 11) is 0. The summed E-state index contributed by atoms with van der Waals surface area (Å²) in [6, 6.07) is 6.70. The van der Waals surface area contributed by atoms with Gasteiger partial charge in [0.2, 0.25) is 11.8 Å². The van der Waals surface area contributed by atoms with E-state index < -0.39 is 18.5 Å². The van der Waals surface area contributed by atoms with Crippen LogP contribution in [0.25, 0.3) is 0 Å². The van der Waals surface area contributed by atoms with Gasteiger partial charge in [-0.05, 0) is 17.7 Å². The minimum atomic E-state index is -1.17. The molecular weight excluding hydrogens is 252 g/mol. The number of hydroxylamine groups is 1. The number of nitrogens with one attached hydrogen (secondary N) is 2. The van der Waals surface area contributed by atoms with Crippen LogP contribution in [-0.4, -0.2) is 29.5 Å². The number of aliphatic carboxylic acids is 1. The van der Waals surface area contributed by atoms with Crippen molar-refractivity contribution in [3.63, 3.8) is 0 Å². The molecule has 1 aromatic carbocycles. The van der Waals surface area contributed by atoms with Gasteiger partial charge >= 0.3 is 5.97 Å². The molecule has 19 heavy (non-hydrogen) atoms. The van der Waals surface area contributed by atoms with Crippen molar-refractivity contribution in [2.75, 3.05) is 11.9 Å². The van der Waals surface area contributed by atoms with Crippen LogP contribution in [0.3, 0.4) is 0 Å². The molecule has 0 unspecified atom stereocenters. The van der Waals surface area contributed by atoms with E-state index in [-0.39, 0.29) is 12.3 Å². The standard InChI is InChI=1S/C12H14N2O5/c1-8(15)13-10-4-2-9(3-5-10)6-11(16)14-19-7-12(17)18/h2-5H,6-7H2,1H3,(H,13,15)(H,14,16)(H,17,18). The normalized spacial score (nSPS) is 9.74. The Morgan fingerprint density at radius 1 is 1.21 bits per heavy atom. The van der Waals surface area contributed by atoms with Gasteiger partial charge in [-0.25, -0.2) is 10.3 Å². The molecule has 0 fully saturated rings. The molecule has 0 aliphatic carbocycles. The molecule has 7 nitrogen and oxygen atoms in total. The largest absolute Gasteiger partial charge is 0.479 e. The number of amides is 2. The van der Waals surface area contributed by atoms with Crippen LogP contribution < -0.4 is 10.8 Å². The third-order valence-corrected chi connectivity index (χ3v) is 2.02. The Hall–Kier alpha value is -2.41. The highest BCUT2D eigenvalue weighted by molar-refractivity contribution is 5.88. The molecular formula is C12H14N2O5. The molecule has 1 rings (SSSR count). The van der Waals surface area contributed by atoms with Gasteiger partial charge in [0.15, 0.2) is 6.61 Å². The maximum atomic E-state index is 11.4. The maximum Gasteiger partial charge on any atom is 0.332 e. The van der Waals surface area contributed by atoms with Crippen molar-refractivity contribution >= 4 is 23.5 Å². The Kier molecular flexibility index (Phi) is 5.49. The van der Waals surface area contributed by atoms with Gasteiger partial charge in [-0.1, -0.05) is 12.1 Å². The van der Waals surface area contributed by atoms with E-state index in [0.717, 1.165) is 0 Å². The van der Waals surface area contributed by atoms with Crippen molar-refractivity contribution in [2.24, 2.45) is 0 Å². The molecule has 102 valence electrons. The first-order valence-corrected chi connectivity index (χ1v) is 5.46. The minimum absolute atomic E-state index is 0.0555. The van der Waals surface area contributed by atoms with Crippen LogP contribution in [0.2, 0.25) is 0 Å². The number of carboxylic acid groups (broad SMARTS) is 1. The van der Waals surface area contributed by atoms with Gasteiger partial charge in [0.25, 0.3) is 0 Å². The first kappa shape index (κ1) is 14.7. The van der Waals surface area contributed by atoms with Gasteiger partial charge in [0.1, 0.15) is 0 Å². The van der Waals surface area contributed by atoms with Crippen LogP contribution in [0.5, 0.6) is 0 Å². The molecule has 7 heteroatoms. The molecule has 0 saturated heterocycles. The zero-order valence-corrected chi connectivity index (χ0v) is 10.3. The van der Waals surface area contributed by atoms with Crippen LogP contribution >= 0.6 is 0 Å². The summed E-state index contributed by atoms with van der Waals surface area (Å²) < 4.78 is 0. The quantitative estimate of drug-likeness (QED) is 0.643. The number of rotatable bonds is 6. The van der Waals surface area contributed by atoms with Gasteiger partial charge < -0.3 is 10.4 Å².